The number of alkyl halides is 3. The summed E-state index contributed by atoms with van der Waals surface area (Å²) in [6.45, 7) is 3.49. The van der Waals surface area contributed by atoms with Crippen LogP contribution in [0.5, 0.6) is 0 Å². The number of hydrogen-bond donors (Lipinski definition) is 1. The van der Waals surface area contributed by atoms with E-state index in [1.54, 1.807) is 0 Å². The minimum Gasteiger partial charge on any atom is -0.381 e. The molecule has 0 bridgehead atoms. The van der Waals surface area contributed by atoms with Gasteiger partial charge in [0.2, 0.25) is 0 Å². The first kappa shape index (κ1) is 14.0. The normalized spacial score (nSPS) is 11.7. The van der Waals surface area contributed by atoms with Gasteiger partial charge in [0.25, 0.3) is 0 Å². The Morgan fingerprint density at radius 3 is 1.47 bits per heavy atom. The Kier molecular flexibility index (Phi) is 4.81. The molecule has 0 aliphatic rings. The van der Waals surface area contributed by atoms with Crippen LogP contribution in [0, 0.1) is 6.92 Å². The lowest BCUT2D eigenvalue weighted by molar-refractivity contribution is -0.245. The number of aryl methyl sites for hydroxylation is 1. The number of halogens is 3. The fourth-order valence-electron chi connectivity index (χ4n) is 0.534. The smallest absolute Gasteiger partial charge is 0.381 e. The molecule has 0 radical (unpaired) electrons. The van der Waals surface area contributed by atoms with Gasteiger partial charge in [-0.05, 0) is 20.8 Å². The minimum atomic E-state index is -4.51. The highest BCUT2D eigenvalue weighted by Crippen LogP contribution is 2.28. The fourth-order valence-corrected chi connectivity index (χ4v) is 0.534. The summed E-state index contributed by atoms with van der Waals surface area (Å²) in [5.41, 5.74) is -1.24. The van der Waals surface area contributed by atoms with Crippen molar-refractivity contribution in [2.24, 2.45) is 0 Å². The summed E-state index contributed by atoms with van der Waals surface area (Å²) in [6, 6.07) is 10.3. The van der Waals surface area contributed by atoms with Crippen molar-refractivity contribution in [1.82, 2.24) is 0 Å². The Morgan fingerprint density at radius 1 is 1.00 bits per heavy atom. The van der Waals surface area contributed by atoms with Gasteiger partial charge in [-0.3, -0.25) is 0 Å². The van der Waals surface area contributed by atoms with Crippen LogP contribution in [0.25, 0.3) is 0 Å². The summed E-state index contributed by atoms with van der Waals surface area (Å²) < 4.78 is 33.9. The molecule has 0 spiro atoms. The van der Waals surface area contributed by atoms with Crippen molar-refractivity contribution in [2.75, 3.05) is 0 Å². The van der Waals surface area contributed by atoms with Crippen LogP contribution in [-0.4, -0.2) is 16.9 Å². The molecule has 0 aliphatic heterocycles. The Balaban J connectivity index is 0.000000262. The van der Waals surface area contributed by atoms with Crippen LogP contribution < -0.4 is 0 Å². The second-order valence-electron chi connectivity index (χ2n) is 3.71. The number of benzene rings is 1. The van der Waals surface area contributed by atoms with Gasteiger partial charge >= 0.3 is 6.18 Å². The number of hydrogen-bond acceptors (Lipinski definition) is 1. The van der Waals surface area contributed by atoms with E-state index >= 15 is 0 Å². The number of rotatable bonds is 0. The van der Waals surface area contributed by atoms with E-state index in [2.05, 4.69) is 19.1 Å². The molecule has 1 nitrogen and oxygen atoms in total. The van der Waals surface area contributed by atoms with Gasteiger partial charge in [-0.2, -0.15) is 13.2 Å². The predicted octanol–water partition coefficient (Wildman–Crippen LogP) is 3.31. The third-order valence-corrected chi connectivity index (χ3v) is 1.63. The zero-order valence-electron chi connectivity index (χ0n) is 8.97. The summed E-state index contributed by atoms with van der Waals surface area (Å²) in [6.07, 6.45) is -4.51. The average Bonchev–Trinajstić information content (AvgIpc) is 2.02. The second kappa shape index (κ2) is 5.16. The summed E-state index contributed by atoms with van der Waals surface area (Å²) >= 11 is 0. The van der Waals surface area contributed by atoms with E-state index < -0.39 is 11.8 Å². The molecule has 1 N–H and O–H groups in total. The Hall–Kier alpha value is -1.03. The monoisotopic (exact) mass is 220 g/mol. The lowest BCUT2D eigenvalue weighted by atomic mass is 10.1. The second-order valence-corrected chi connectivity index (χ2v) is 3.71. The van der Waals surface area contributed by atoms with Crippen LogP contribution in [0.1, 0.15) is 19.4 Å². The quantitative estimate of drug-likeness (QED) is 0.711. The minimum absolute atomic E-state index is 0.701. The van der Waals surface area contributed by atoms with Gasteiger partial charge in [-0.1, -0.05) is 35.9 Å². The van der Waals surface area contributed by atoms with Crippen molar-refractivity contribution in [1.29, 1.82) is 0 Å². The summed E-state index contributed by atoms with van der Waals surface area (Å²) in [7, 11) is 0. The van der Waals surface area contributed by atoms with E-state index in [1.807, 2.05) is 18.2 Å². The van der Waals surface area contributed by atoms with E-state index in [9.17, 15) is 13.2 Å². The molecule has 1 rings (SSSR count). The van der Waals surface area contributed by atoms with Crippen molar-refractivity contribution >= 4 is 0 Å². The molecule has 0 saturated carbocycles. The van der Waals surface area contributed by atoms with Gasteiger partial charge in [0, 0.05) is 0 Å². The van der Waals surface area contributed by atoms with E-state index in [-0.39, 0.29) is 0 Å². The lowest BCUT2D eigenvalue weighted by Gasteiger charge is -2.20. The molecule has 0 amide bonds. The first-order valence-electron chi connectivity index (χ1n) is 4.45. The molecule has 1 aromatic carbocycles. The first-order valence-corrected chi connectivity index (χ1v) is 4.45. The van der Waals surface area contributed by atoms with E-state index in [4.69, 9.17) is 5.11 Å². The summed E-state index contributed by atoms with van der Waals surface area (Å²) in [4.78, 5) is 0. The lowest BCUT2D eigenvalue weighted by Crippen LogP contribution is -2.38. The average molecular weight is 220 g/mol. The Morgan fingerprint density at radius 2 is 1.33 bits per heavy atom. The van der Waals surface area contributed by atoms with Gasteiger partial charge in [0.1, 0.15) is 0 Å². The van der Waals surface area contributed by atoms with Crippen LogP contribution >= 0.6 is 0 Å². The summed E-state index contributed by atoms with van der Waals surface area (Å²) in [5.74, 6) is 0. The molecule has 1 aromatic rings. The van der Waals surface area contributed by atoms with Gasteiger partial charge in [-0.25, -0.2) is 0 Å². The molecule has 0 saturated heterocycles. The molecular weight excluding hydrogens is 205 g/mol. The zero-order chi connectivity index (χ0) is 12.1. The third kappa shape index (κ3) is 6.12. The molecule has 0 atom stereocenters. The highest BCUT2D eigenvalue weighted by Gasteiger charge is 2.45. The van der Waals surface area contributed by atoms with Gasteiger partial charge in [0.15, 0.2) is 5.60 Å². The molecule has 0 aromatic heterocycles. The molecule has 0 aliphatic carbocycles. The van der Waals surface area contributed by atoms with Crippen molar-refractivity contribution < 1.29 is 18.3 Å². The SMILES string of the molecule is CC(C)(O)C(F)(F)F.Cc1ccccc1. The maximum Gasteiger partial charge on any atom is 0.416 e. The molecule has 86 valence electrons. The van der Waals surface area contributed by atoms with E-state index in [0.717, 1.165) is 0 Å². The van der Waals surface area contributed by atoms with Crippen LogP contribution in [0.3, 0.4) is 0 Å². The highest BCUT2D eigenvalue weighted by molar-refractivity contribution is 5.11. The van der Waals surface area contributed by atoms with Crippen molar-refractivity contribution in [3.63, 3.8) is 0 Å². The largest absolute Gasteiger partial charge is 0.416 e. The summed E-state index contributed by atoms with van der Waals surface area (Å²) in [5, 5.41) is 8.23. The molecule has 4 heteroatoms. The fraction of sp³-hybridized carbons (Fsp3) is 0.455. The highest BCUT2D eigenvalue weighted by atomic mass is 19.4. The molecule has 0 fully saturated rings. The molecule has 0 heterocycles. The molecule has 15 heavy (non-hydrogen) atoms. The van der Waals surface area contributed by atoms with Crippen LogP contribution in [-0.2, 0) is 0 Å². The maximum absolute atomic E-state index is 11.3. The molecule has 0 unspecified atom stereocenters. The van der Waals surface area contributed by atoms with Crippen molar-refractivity contribution in [2.45, 2.75) is 32.5 Å². The number of aliphatic hydroxyl groups is 1. The van der Waals surface area contributed by atoms with Crippen molar-refractivity contribution in [3.8, 4) is 0 Å². The van der Waals surface area contributed by atoms with Crippen LogP contribution in [0.2, 0.25) is 0 Å². The van der Waals surface area contributed by atoms with Gasteiger partial charge < -0.3 is 5.11 Å². The van der Waals surface area contributed by atoms with E-state index in [0.29, 0.717) is 13.8 Å². The maximum atomic E-state index is 11.3. The zero-order valence-corrected chi connectivity index (χ0v) is 8.97. The van der Waals surface area contributed by atoms with Crippen LogP contribution in [0.4, 0.5) is 13.2 Å². The predicted molar refractivity (Wildman–Crippen MR) is 53.5 cm³/mol. The Bertz CT molecular complexity index is 260. The third-order valence-electron chi connectivity index (χ3n) is 1.63. The van der Waals surface area contributed by atoms with Gasteiger partial charge in [0.05, 0.1) is 0 Å². The van der Waals surface area contributed by atoms with Crippen molar-refractivity contribution in [3.05, 3.63) is 35.9 Å². The molecular formula is C11H15F3O. The Labute approximate surface area is 87.6 Å². The first-order chi connectivity index (χ1) is 6.64. The topological polar surface area (TPSA) is 20.2 Å². The standard InChI is InChI=1S/C7H8.C4H7F3O/c1-7-5-3-2-4-6-7;1-3(2,8)4(5,6)7/h2-6H,1H3;8H,1-2H3. The van der Waals surface area contributed by atoms with Gasteiger partial charge in [-0.15, -0.1) is 0 Å². The van der Waals surface area contributed by atoms with E-state index in [1.165, 1.54) is 5.56 Å². The van der Waals surface area contributed by atoms with Crippen LogP contribution in [0.15, 0.2) is 30.3 Å².